The number of hydrogen-bond acceptors (Lipinski definition) is 7. The Morgan fingerprint density at radius 2 is 1.93 bits per heavy atom. The van der Waals surface area contributed by atoms with E-state index in [-0.39, 0.29) is 5.91 Å². The molecule has 0 saturated carbocycles. The van der Waals surface area contributed by atoms with E-state index in [1.165, 1.54) is 16.9 Å². The summed E-state index contributed by atoms with van der Waals surface area (Å²) in [6.45, 7) is 7.14. The van der Waals surface area contributed by atoms with Gasteiger partial charge >= 0.3 is 0 Å². The van der Waals surface area contributed by atoms with Crippen LogP contribution in [0, 0.1) is 0 Å². The molecule has 144 valence electrons. The van der Waals surface area contributed by atoms with Crippen molar-refractivity contribution in [1.29, 1.82) is 0 Å². The van der Waals surface area contributed by atoms with Gasteiger partial charge in [-0.15, -0.1) is 0 Å². The first-order chi connectivity index (χ1) is 13.2. The molecule has 1 aromatic carbocycles. The third kappa shape index (κ3) is 3.72. The summed E-state index contributed by atoms with van der Waals surface area (Å²) in [5.74, 6) is 1.59. The van der Waals surface area contributed by atoms with E-state index in [2.05, 4.69) is 39.2 Å². The normalized spacial score (nSPS) is 18.2. The number of carbonyl (C=O) groups excluding carboxylic acids is 1. The van der Waals surface area contributed by atoms with Crippen LogP contribution in [-0.2, 0) is 0 Å². The highest BCUT2D eigenvalue weighted by molar-refractivity contribution is 7.17. The Balaban J connectivity index is 1.38. The Labute approximate surface area is 162 Å². The van der Waals surface area contributed by atoms with Crippen molar-refractivity contribution in [1.82, 2.24) is 15.2 Å². The SMILES string of the molecule is CNC(=O)c1cnc(N2CCN(C(C)c3ccc4c(c3)OCCO4)CC2)s1. The fourth-order valence-electron chi connectivity index (χ4n) is 3.47. The lowest BCUT2D eigenvalue weighted by atomic mass is 10.1. The predicted molar refractivity (Wildman–Crippen MR) is 105 cm³/mol. The van der Waals surface area contributed by atoms with Gasteiger partial charge in [0.1, 0.15) is 18.1 Å². The van der Waals surface area contributed by atoms with Crippen molar-refractivity contribution in [3.05, 3.63) is 34.8 Å². The molecule has 2 aliphatic rings. The number of aromatic nitrogens is 1. The molecule has 27 heavy (non-hydrogen) atoms. The molecule has 1 atom stereocenters. The summed E-state index contributed by atoms with van der Waals surface area (Å²) in [6, 6.07) is 6.54. The number of amides is 1. The summed E-state index contributed by atoms with van der Waals surface area (Å²) < 4.78 is 11.3. The summed E-state index contributed by atoms with van der Waals surface area (Å²) in [5.41, 5.74) is 1.24. The van der Waals surface area contributed by atoms with Gasteiger partial charge in [0.15, 0.2) is 16.6 Å². The van der Waals surface area contributed by atoms with E-state index in [0.29, 0.717) is 24.1 Å². The molecule has 0 bridgehead atoms. The molecule has 0 spiro atoms. The lowest BCUT2D eigenvalue weighted by molar-refractivity contribution is 0.0967. The summed E-state index contributed by atoms with van der Waals surface area (Å²) >= 11 is 1.45. The third-order valence-corrected chi connectivity index (χ3v) is 6.18. The molecule has 1 saturated heterocycles. The second-order valence-electron chi connectivity index (χ2n) is 6.69. The molecule has 3 heterocycles. The van der Waals surface area contributed by atoms with Crippen LogP contribution in [-0.4, -0.2) is 62.2 Å². The zero-order chi connectivity index (χ0) is 18.8. The second-order valence-corrected chi connectivity index (χ2v) is 7.70. The van der Waals surface area contributed by atoms with E-state index in [1.807, 2.05) is 6.07 Å². The molecule has 2 aromatic rings. The second kappa shape index (κ2) is 7.74. The monoisotopic (exact) mass is 388 g/mol. The first kappa shape index (κ1) is 18.1. The number of fused-ring (bicyclic) bond motifs is 1. The predicted octanol–water partition coefficient (Wildman–Crippen LogP) is 2.16. The van der Waals surface area contributed by atoms with Crippen molar-refractivity contribution in [3.8, 4) is 11.5 Å². The minimum absolute atomic E-state index is 0.0791. The maximum atomic E-state index is 11.7. The highest BCUT2D eigenvalue weighted by Gasteiger charge is 2.25. The number of benzene rings is 1. The smallest absolute Gasteiger partial charge is 0.262 e. The van der Waals surface area contributed by atoms with Crippen LogP contribution in [0.15, 0.2) is 24.4 Å². The van der Waals surface area contributed by atoms with Crippen LogP contribution in [0.5, 0.6) is 11.5 Å². The topological polar surface area (TPSA) is 66.9 Å². The lowest BCUT2D eigenvalue weighted by Gasteiger charge is -2.38. The van der Waals surface area contributed by atoms with Crippen LogP contribution in [0.2, 0.25) is 0 Å². The average molecular weight is 388 g/mol. The fraction of sp³-hybridized carbons (Fsp3) is 0.474. The zero-order valence-corrected chi connectivity index (χ0v) is 16.4. The van der Waals surface area contributed by atoms with Gasteiger partial charge in [-0.25, -0.2) is 4.98 Å². The summed E-state index contributed by atoms with van der Waals surface area (Å²) in [4.78, 5) is 21.5. The molecule has 0 aliphatic carbocycles. The third-order valence-electron chi connectivity index (χ3n) is 5.13. The van der Waals surface area contributed by atoms with Crippen LogP contribution < -0.4 is 19.7 Å². The van der Waals surface area contributed by atoms with Crippen LogP contribution in [0.1, 0.15) is 28.2 Å². The minimum Gasteiger partial charge on any atom is -0.486 e. The van der Waals surface area contributed by atoms with Crippen LogP contribution in [0.4, 0.5) is 5.13 Å². The van der Waals surface area contributed by atoms with E-state index in [4.69, 9.17) is 9.47 Å². The number of ether oxygens (including phenoxy) is 2. The number of nitrogens with zero attached hydrogens (tertiary/aromatic N) is 3. The molecule has 2 aliphatic heterocycles. The van der Waals surface area contributed by atoms with Gasteiger partial charge in [-0.2, -0.15) is 0 Å². The van der Waals surface area contributed by atoms with Gasteiger partial charge in [-0.1, -0.05) is 17.4 Å². The van der Waals surface area contributed by atoms with Crippen molar-refractivity contribution in [2.75, 3.05) is 51.3 Å². The summed E-state index contributed by atoms with van der Waals surface area (Å²) in [5, 5.41) is 3.56. The number of anilines is 1. The van der Waals surface area contributed by atoms with Gasteiger partial charge in [0.2, 0.25) is 0 Å². The standard InChI is InChI=1S/C19H24N4O3S/c1-13(14-3-4-15-16(11-14)26-10-9-25-15)22-5-7-23(8-6-22)19-21-12-17(27-19)18(24)20-2/h3-4,11-13H,5-10H2,1-2H3,(H,20,24). The van der Waals surface area contributed by atoms with Gasteiger partial charge in [0, 0.05) is 39.3 Å². The summed E-state index contributed by atoms with van der Waals surface area (Å²) in [7, 11) is 1.64. The van der Waals surface area contributed by atoms with Crippen LogP contribution >= 0.6 is 11.3 Å². The van der Waals surface area contributed by atoms with Crippen molar-refractivity contribution in [3.63, 3.8) is 0 Å². The molecule has 0 radical (unpaired) electrons. The fourth-order valence-corrected chi connectivity index (χ4v) is 4.38. The van der Waals surface area contributed by atoms with Crippen molar-refractivity contribution < 1.29 is 14.3 Å². The number of nitrogens with one attached hydrogen (secondary N) is 1. The average Bonchev–Trinajstić information content (AvgIpc) is 3.22. The van der Waals surface area contributed by atoms with Crippen molar-refractivity contribution >= 4 is 22.4 Å². The first-order valence-corrected chi connectivity index (χ1v) is 10.0. The highest BCUT2D eigenvalue weighted by Crippen LogP contribution is 2.34. The minimum atomic E-state index is -0.0791. The molecule has 4 rings (SSSR count). The Bertz CT molecular complexity index is 817. The van der Waals surface area contributed by atoms with Crippen LogP contribution in [0.3, 0.4) is 0 Å². The molecule has 1 aromatic heterocycles. The molecule has 7 nitrogen and oxygen atoms in total. The number of hydrogen-bond donors (Lipinski definition) is 1. The van der Waals surface area contributed by atoms with Gasteiger partial charge in [-0.3, -0.25) is 9.69 Å². The van der Waals surface area contributed by atoms with Gasteiger partial charge in [0.05, 0.1) is 6.20 Å². The highest BCUT2D eigenvalue weighted by atomic mass is 32.1. The molecule has 1 fully saturated rings. The van der Waals surface area contributed by atoms with Gasteiger partial charge in [0.25, 0.3) is 5.91 Å². The van der Waals surface area contributed by atoms with E-state index >= 15 is 0 Å². The number of piperazine rings is 1. The van der Waals surface area contributed by atoms with Crippen molar-refractivity contribution in [2.24, 2.45) is 0 Å². The molecular weight excluding hydrogens is 364 g/mol. The Morgan fingerprint density at radius 1 is 1.19 bits per heavy atom. The Morgan fingerprint density at radius 3 is 2.67 bits per heavy atom. The van der Waals surface area contributed by atoms with E-state index in [1.54, 1.807) is 13.2 Å². The van der Waals surface area contributed by atoms with Crippen molar-refractivity contribution in [2.45, 2.75) is 13.0 Å². The number of thiazole rings is 1. The van der Waals surface area contributed by atoms with Gasteiger partial charge in [-0.05, 0) is 24.6 Å². The zero-order valence-electron chi connectivity index (χ0n) is 15.6. The Hall–Kier alpha value is -2.32. The number of rotatable bonds is 4. The van der Waals surface area contributed by atoms with Crippen LogP contribution in [0.25, 0.3) is 0 Å². The van der Waals surface area contributed by atoms with E-state index in [0.717, 1.165) is 42.8 Å². The van der Waals surface area contributed by atoms with E-state index in [9.17, 15) is 4.79 Å². The molecule has 1 unspecified atom stereocenters. The Kier molecular flexibility index (Phi) is 5.18. The quantitative estimate of drug-likeness (QED) is 0.866. The molecule has 1 N–H and O–H groups in total. The number of carbonyl (C=O) groups is 1. The first-order valence-electron chi connectivity index (χ1n) is 9.22. The summed E-state index contributed by atoms with van der Waals surface area (Å²) in [6.07, 6.45) is 1.66. The lowest BCUT2D eigenvalue weighted by Crippen LogP contribution is -2.47. The molecule has 1 amide bonds. The molecule has 8 heteroatoms. The largest absolute Gasteiger partial charge is 0.486 e. The maximum Gasteiger partial charge on any atom is 0.262 e. The van der Waals surface area contributed by atoms with E-state index < -0.39 is 0 Å². The van der Waals surface area contributed by atoms with Gasteiger partial charge < -0.3 is 19.7 Å². The molecular formula is C19H24N4O3S. The maximum absolute atomic E-state index is 11.7.